The molecule has 0 aromatic heterocycles. The van der Waals surface area contributed by atoms with Crippen molar-refractivity contribution in [3.05, 3.63) is 0 Å². The number of nitrogens with one attached hydrogen (secondary N) is 2. The molecule has 6 heteroatoms. The maximum atomic E-state index is 11.6. The van der Waals surface area contributed by atoms with Crippen LogP contribution in [0.2, 0.25) is 0 Å². The molecule has 0 spiro atoms. The van der Waals surface area contributed by atoms with Crippen LogP contribution in [0, 0.1) is 0 Å². The van der Waals surface area contributed by atoms with Crippen molar-refractivity contribution in [1.29, 1.82) is 0 Å². The number of hydrogen-bond donors (Lipinski definition) is 2. The van der Waals surface area contributed by atoms with Crippen LogP contribution in [-0.4, -0.2) is 48.8 Å². The Kier molecular flexibility index (Phi) is 4.42. The molecule has 0 saturated carbocycles. The van der Waals surface area contributed by atoms with Crippen LogP contribution in [0.4, 0.5) is 0 Å². The molecule has 0 aliphatic carbocycles. The quantitative estimate of drug-likeness (QED) is 0.470. The predicted octanol–water partition coefficient (Wildman–Crippen LogP) is -1.14. The lowest BCUT2D eigenvalue weighted by molar-refractivity contribution is -0.148. The van der Waals surface area contributed by atoms with E-state index in [-0.39, 0.29) is 23.8 Å². The van der Waals surface area contributed by atoms with E-state index >= 15 is 0 Å². The molecular formula is C10H17N3O3. The number of carbonyl (C=O) groups excluding carboxylic acids is 3. The van der Waals surface area contributed by atoms with Gasteiger partial charge in [-0.3, -0.25) is 19.3 Å². The zero-order valence-electron chi connectivity index (χ0n) is 9.58. The number of hydrogen-bond acceptors (Lipinski definition) is 4. The summed E-state index contributed by atoms with van der Waals surface area (Å²) in [5, 5.41) is 5.65. The first-order chi connectivity index (χ1) is 7.52. The molecule has 0 radical (unpaired) electrons. The smallest absolute Gasteiger partial charge is 0.246 e. The van der Waals surface area contributed by atoms with E-state index in [0.717, 1.165) is 4.90 Å². The van der Waals surface area contributed by atoms with Crippen LogP contribution in [0.1, 0.15) is 19.8 Å². The van der Waals surface area contributed by atoms with Crippen molar-refractivity contribution in [3.63, 3.8) is 0 Å². The number of nitrogens with zero attached hydrogens (tertiary/aromatic N) is 1. The number of rotatable bonds is 4. The Morgan fingerprint density at radius 3 is 2.75 bits per heavy atom. The van der Waals surface area contributed by atoms with Gasteiger partial charge in [0, 0.05) is 33.5 Å². The van der Waals surface area contributed by atoms with Gasteiger partial charge in [-0.15, -0.1) is 0 Å². The lowest BCUT2D eigenvalue weighted by Crippen LogP contribution is -2.52. The summed E-state index contributed by atoms with van der Waals surface area (Å²) < 4.78 is 0. The first-order valence-corrected chi connectivity index (χ1v) is 5.30. The Labute approximate surface area is 94.4 Å². The Balaban J connectivity index is 2.29. The standard InChI is InChI=1S/C10H17N3O3/c1-7(14)11-5-6-12-8-3-4-9(15)13(2)10(8)16/h8,12H,3-6H2,1-2H3,(H,11,14). The third kappa shape index (κ3) is 3.30. The minimum Gasteiger partial charge on any atom is -0.355 e. The highest BCUT2D eigenvalue weighted by atomic mass is 16.2. The molecule has 0 aromatic carbocycles. The first kappa shape index (κ1) is 12.6. The van der Waals surface area contributed by atoms with Gasteiger partial charge < -0.3 is 10.6 Å². The highest BCUT2D eigenvalue weighted by molar-refractivity contribution is 6.00. The zero-order chi connectivity index (χ0) is 12.1. The van der Waals surface area contributed by atoms with E-state index in [1.54, 1.807) is 0 Å². The molecule has 16 heavy (non-hydrogen) atoms. The van der Waals surface area contributed by atoms with E-state index in [0.29, 0.717) is 25.9 Å². The van der Waals surface area contributed by atoms with Gasteiger partial charge in [0.05, 0.1) is 6.04 Å². The Hall–Kier alpha value is -1.43. The second kappa shape index (κ2) is 5.60. The Morgan fingerprint density at radius 1 is 1.44 bits per heavy atom. The average Bonchev–Trinajstić information content (AvgIpc) is 2.23. The van der Waals surface area contributed by atoms with Crippen LogP contribution in [0.3, 0.4) is 0 Å². The van der Waals surface area contributed by atoms with Crippen molar-refractivity contribution in [3.8, 4) is 0 Å². The molecule has 1 saturated heterocycles. The fourth-order valence-electron chi connectivity index (χ4n) is 1.59. The second-order valence-corrected chi connectivity index (χ2v) is 3.82. The number of amides is 3. The minimum absolute atomic E-state index is 0.0935. The molecule has 0 bridgehead atoms. The Bertz CT molecular complexity index is 304. The maximum absolute atomic E-state index is 11.6. The third-order valence-electron chi connectivity index (χ3n) is 2.54. The van der Waals surface area contributed by atoms with Gasteiger partial charge in [-0.1, -0.05) is 0 Å². The number of likely N-dealkylation sites (N-methyl/N-ethyl adjacent to an activating group) is 1. The molecule has 1 aliphatic heterocycles. The van der Waals surface area contributed by atoms with E-state index in [4.69, 9.17) is 0 Å². The van der Waals surface area contributed by atoms with Gasteiger partial charge in [-0.2, -0.15) is 0 Å². The van der Waals surface area contributed by atoms with Gasteiger partial charge in [0.25, 0.3) is 0 Å². The summed E-state index contributed by atoms with van der Waals surface area (Å²) in [4.78, 5) is 34.6. The van der Waals surface area contributed by atoms with Gasteiger partial charge in [0.15, 0.2) is 0 Å². The van der Waals surface area contributed by atoms with Crippen molar-refractivity contribution in [2.75, 3.05) is 20.1 Å². The van der Waals surface area contributed by atoms with Crippen LogP contribution >= 0.6 is 0 Å². The topological polar surface area (TPSA) is 78.5 Å². The number of likely N-dealkylation sites (tertiary alicyclic amines) is 1. The van der Waals surface area contributed by atoms with Crippen molar-refractivity contribution < 1.29 is 14.4 Å². The summed E-state index contributed by atoms with van der Waals surface area (Å²) in [6, 6.07) is -0.309. The molecule has 1 unspecified atom stereocenters. The molecule has 0 aromatic rings. The molecule has 90 valence electrons. The highest BCUT2D eigenvalue weighted by Crippen LogP contribution is 2.10. The van der Waals surface area contributed by atoms with E-state index in [2.05, 4.69) is 10.6 Å². The van der Waals surface area contributed by atoms with Crippen molar-refractivity contribution in [2.45, 2.75) is 25.8 Å². The van der Waals surface area contributed by atoms with E-state index in [9.17, 15) is 14.4 Å². The largest absolute Gasteiger partial charge is 0.355 e. The van der Waals surface area contributed by atoms with Crippen molar-refractivity contribution in [2.24, 2.45) is 0 Å². The van der Waals surface area contributed by atoms with Crippen LogP contribution in [-0.2, 0) is 14.4 Å². The summed E-state index contributed by atoms with van der Waals surface area (Å²) >= 11 is 0. The van der Waals surface area contributed by atoms with Gasteiger partial charge >= 0.3 is 0 Å². The number of imide groups is 1. The highest BCUT2D eigenvalue weighted by Gasteiger charge is 2.30. The Morgan fingerprint density at radius 2 is 2.12 bits per heavy atom. The van der Waals surface area contributed by atoms with Crippen molar-refractivity contribution >= 4 is 17.7 Å². The molecule has 1 aliphatic rings. The average molecular weight is 227 g/mol. The molecular weight excluding hydrogens is 210 g/mol. The van der Waals surface area contributed by atoms with Crippen LogP contribution in [0.25, 0.3) is 0 Å². The predicted molar refractivity (Wildman–Crippen MR) is 57.5 cm³/mol. The molecule has 2 N–H and O–H groups in total. The van der Waals surface area contributed by atoms with Gasteiger partial charge in [-0.05, 0) is 6.42 Å². The van der Waals surface area contributed by atoms with E-state index in [1.807, 2.05) is 0 Å². The van der Waals surface area contributed by atoms with Gasteiger partial charge in [-0.25, -0.2) is 0 Å². The lowest BCUT2D eigenvalue weighted by Gasteiger charge is -2.28. The molecule has 1 heterocycles. The summed E-state index contributed by atoms with van der Waals surface area (Å²) in [6.07, 6.45) is 0.919. The molecule has 6 nitrogen and oxygen atoms in total. The summed E-state index contributed by atoms with van der Waals surface area (Å²) in [5.41, 5.74) is 0. The zero-order valence-corrected chi connectivity index (χ0v) is 9.58. The summed E-state index contributed by atoms with van der Waals surface area (Å²) in [6.45, 7) is 2.45. The molecule has 1 atom stereocenters. The fraction of sp³-hybridized carbons (Fsp3) is 0.700. The lowest BCUT2D eigenvalue weighted by atomic mass is 10.0. The van der Waals surface area contributed by atoms with Crippen LogP contribution < -0.4 is 10.6 Å². The fourth-order valence-corrected chi connectivity index (χ4v) is 1.59. The summed E-state index contributed by atoms with van der Waals surface area (Å²) in [7, 11) is 1.49. The SMILES string of the molecule is CC(=O)NCCNC1CCC(=O)N(C)C1=O. The minimum atomic E-state index is -0.309. The van der Waals surface area contributed by atoms with Crippen LogP contribution in [0.5, 0.6) is 0 Å². The molecule has 3 amide bonds. The van der Waals surface area contributed by atoms with E-state index < -0.39 is 0 Å². The van der Waals surface area contributed by atoms with Crippen LogP contribution in [0.15, 0.2) is 0 Å². The van der Waals surface area contributed by atoms with E-state index in [1.165, 1.54) is 14.0 Å². The third-order valence-corrected chi connectivity index (χ3v) is 2.54. The maximum Gasteiger partial charge on any atom is 0.246 e. The molecule has 1 rings (SSSR count). The normalized spacial score (nSPS) is 21.1. The second-order valence-electron chi connectivity index (χ2n) is 3.82. The van der Waals surface area contributed by atoms with Gasteiger partial charge in [0.2, 0.25) is 17.7 Å². The monoisotopic (exact) mass is 227 g/mol. The van der Waals surface area contributed by atoms with Crippen molar-refractivity contribution in [1.82, 2.24) is 15.5 Å². The summed E-state index contributed by atoms with van der Waals surface area (Å²) in [5.74, 6) is -0.423. The number of carbonyl (C=O) groups is 3. The first-order valence-electron chi connectivity index (χ1n) is 5.30. The number of piperidine rings is 1. The molecule has 1 fully saturated rings. The van der Waals surface area contributed by atoms with Gasteiger partial charge in [0.1, 0.15) is 0 Å².